The van der Waals surface area contributed by atoms with Crippen molar-refractivity contribution >= 4 is 34.9 Å². The van der Waals surface area contributed by atoms with Crippen LogP contribution in [0.15, 0.2) is 42.5 Å². The number of anilines is 2. The number of carbonyl (C=O) groups is 2. The third-order valence-corrected chi connectivity index (χ3v) is 3.79. The van der Waals surface area contributed by atoms with E-state index in [9.17, 15) is 9.59 Å². The van der Waals surface area contributed by atoms with E-state index in [4.69, 9.17) is 16.3 Å². The molecule has 0 fully saturated rings. The molecule has 0 saturated heterocycles. The lowest BCUT2D eigenvalue weighted by Crippen LogP contribution is -2.18. The molecule has 0 unspecified atom stereocenters. The number of carbonyl (C=O) groups excluding carboxylic acids is 2. The van der Waals surface area contributed by atoms with Gasteiger partial charge in [-0.05, 0) is 49.7 Å². The second-order valence-electron chi connectivity index (χ2n) is 5.45. The van der Waals surface area contributed by atoms with Crippen molar-refractivity contribution in [3.8, 4) is 0 Å². The van der Waals surface area contributed by atoms with Gasteiger partial charge in [-0.15, -0.1) is 0 Å². The molecular formula is C19H21ClN2O3. The minimum Gasteiger partial charge on any atom is -0.462 e. The predicted octanol–water partition coefficient (Wildman–Crippen LogP) is 4.27. The molecule has 5 nitrogen and oxygen atoms in total. The summed E-state index contributed by atoms with van der Waals surface area (Å²) in [7, 11) is 0. The molecule has 2 N–H and O–H groups in total. The molecule has 6 heteroatoms. The fraction of sp³-hybridized carbons (Fsp3) is 0.263. The van der Waals surface area contributed by atoms with Gasteiger partial charge < -0.3 is 15.4 Å². The fourth-order valence-electron chi connectivity index (χ4n) is 2.33. The zero-order valence-electron chi connectivity index (χ0n) is 14.3. The summed E-state index contributed by atoms with van der Waals surface area (Å²) in [4.78, 5) is 24.1. The first-order valence-corrected chi connectivity index (χ1v) is 8.45. The van der Waals surface area contributed by atoms with E-state index in [1.54, 1.807) is 37.3 Å². The number of esters is 1. The smallest absolute Gasteiger partial charge is 0.340 e. The van der Waals surface area contributed by atoms with Crippen LogP contribution in [-0.4, -0.2) is 25.0 Å². The van der Waals surface area contributed by atoms with E-state index >= 15 is 0 Å². The van der Waals surface area contributed by atoms with Crippen LogP contribution in [-0.2, 0) is 9.53 Å². The maximum atomic E-state index is 12.2. The molecule has 0 spiro atoms. The van der Waals surface area contributed by atoms with Crippen molar-refractivity contribution in [3.05, 3.63) is 58.6 Å². The van der Waals surface area contributed by atoms with Crippen LogP contribution >= 0.6 is 11.6 Å². The van der Waals surface area contributed by atoms with Gasteiger partial charge >= 0.3 is 5.97 Å². The van der Waals surface area contributed by atoms with Gasteiger partial charge in [0.15, 0.2) is 0 Å². The monoisotopic (exact) mass is 360 g/mol. The molecular weight excluding hydrogens is 340 g/mol. The van der Waals surface area contributed by atoms with Crippen LogP contribution in [0.1, 0.15) is 29.3 Å². The topological polar surface area (TPSA) is 67.4 Å². The molecule has 0 saturated carbocycles. The van der Waals surface area contributed by atoms with Crippen LogP contribution in [0.25, 0.3) is 0 Å². The maximum Gasteiger partial charge on any atom is 0.340 e. The van der Waals surface area contributed by atoms with Gasteiger partial charge in [0, 0.05) is 23.7 Å². The third-order valence-electron chi connectivity index (χ3n) is 3.55. The van der Waals surface area contributed by atoms with Crippen molar-refractivity contribution in [2.45, 2.75) is 20.3 Å². The van der Waals surface area contributed by atoms with Gasteiger partial charge in [-0.2, -0.15) is 0 Å². The number of hydrogen-bond acceptors (Lipinski definition) is 4. The number of hydrogen-bond donors (Lipinski definition) is 2. The fourth-order valence-corrected chi connectivity index (χ4v) is 2.55. The number of amides is 1. The van der Waals surface area contributed by atoms with E-state index in [-0.39, 0.29) is 18.9 Å². The molecule has 0 heterocycles. The summed E-state index contributed by atoms with van der Waals surface area (Å²) < 4.78 is 5.00. The van der Waals surface area contributed by atoms with Crippen LogP contribution < -0.4 is 10.6 Å². The van der Waals surface area contributed by atoms with Crippen LogP contribution in [0.2, 0.25) is 5.02 Å². The van der Waals surface area contributed by atoms with Crippen molar-refractivity contribution in [1.82, 2.24) is 0 Å². The molecule has 0 radical (unpaired) electrons. The molecule has 0 bridgehead atoms. The molecule has 2 rings (SSSR count). The number of rotatable bonds is 7. The molecule has 2 aromatic rings. The van der Waals surface area contributed by atoms with Crippen molar-refractivity contribution in [3.63, 3.8) is 0 Å². The van der Waals surface area contributed by atoms with Crippen molar-refractivity contribution in [2.24, 2.45) is 0 Å². The lowest BCUT2D eigenvalue weighted by Gasteiger charge is -2.12. The quantitative estimate of drug-likeness (QED) is 0.724. The summed E-state index contributed by atoms with van der Waals surface area (Å²) in [5, 5.41) is 6.64. The normalized spacial score (nSPS) is 10.2. The van der Waals surface area contributed by atoms with Gasteiger partial charge in [0.05, 0.1) is 17.9 Å². The average Bonchev–Trinajstić information content (AvgIpc) is 2.57. The Hall–Kier alpha value is -2.53. The van der Waals surface area contributed by atoms with Crippen LogP contribution in [0.5, 0.6) is 0 Å². The van der Waals surface area contributed by atoms with Crippen molar-refractivity contribution < 1.29 is 14.3 Å². The molecule has 0 aromatic heterocycles. The molecule has 132 valence electrons. The van der Waals surface area contributed by atoms with Crippen molar-refractivity contribution in [1.29, 1.82) is 0 Å². The van der Waals surface area contributed by atoms with Crippen LogP contribution in [0.4, 0.5) is 11.4 Å². The molecule has 0 aliphatic heterocycles. The lowest BCUT2D eigenvalue weighted by molar-refractivity contribution is -0.115. The molecule has 2 aromatic carbocycles. The first-order valence-electron chi connectivity index (χ1n) is 8.07. The van der Waals surface area contributed by atoms with Gasteiger partial charge in [-0.25, -0.2) is 4.79 Å². The zero-order chi connectivity index (χ0) is 18.2. The Morgan fingerprint density at radius 3 is 2.60 bits per heavy atom. The maximum absolute atomic E-state index is 12.2. The number of ether oxygens (including phenoxy) is 1. The summed E-state index contributed by atoms with van der Waals surface area (Å²) in [6, 6.07) is 12.3. The third kappa shape index (κ3) is 5.50. The zero-order valence-corrected chi connectivity index (χ0v) is 15.0. The minimum atomic E-state index is -0.451. The van der Waals surface area contributed by atoms with Gasteiger partial charge in [-0.1, -0.05) is 23.7 Å². The molecule has 1 amide bonds. The number of aryl methyl sites for hydroxylation is 1. The Labute approximate surface area is 152 Å². The van der Waals surface area contributed by atoms with Gasteiger partial charge in [-0.3, -0.25) is 4.79 Å². The van der Waals surface area contributed by atoms with Gasteiger partial charge in [0.1, 0.15) is 0 Å². The Balaban J connectivity index is 1.91. The number of benzene rings is 2. The first-order chi connectivity index (χ1) is 12.0. The number of para-hydroxylation sites is 1. The highest BCUT2D eigenvalue weighted by Crippen LogP contribution is 2.20. The van der Waals surface area contributed by atoms with E-state index in [1.807, 2.05) is 19.1 Å². The van der Waals surface area contributed by atoms with Crippen LogP contribution in [0.3, 0.4) is 0 Å². The molecule has 0 atom stereocenters. The second kappa shape index (κ2) is 9.08. The SMILES string of the molecule is CCOC(=O)c1ccccc1NC(=O)CCNc1ccc(Cl)cc1C. The number of nitrogens with one attached hydrogen (secondary N) is 2. The molecule has 25 heavy (non-hydrogen) atoms. The van der Waals surface area contributed by atoms with Crippen LogP contribution in [0, 0.1) is 6.92 Å². The van der Waals surface area contributed by atoms with E-state index in [2.05, 4.69) is 10.6 Å². The Morgan fingerprint density at radius 1 is 1.12 bits per heavy atom. The Morgan fingerprint density at radius 2 is 1.88 bits per heavy atom. The van der Waals surface area contributed by atoms with Gasteiger partial charge in [0.2, 0.25) is 5.91 Å². The van der Waals surface area contributed by atoms with E-state index < -0.39 is 5.97 Å². The number of halogens is 1. The highest BCUT2D eigenvalue weighted by molar-refractivity contribution is 6.30. The summed E-state index contributed by atoms with van der Waals surface area (Å²) in [6.45, 7) is 4.44. The molecule has 0 aliphatic carbocycles. The average molecular weight is 361 g/mol. The van der Waals surface area contributed by atoms with E-state index in [0.717, 1.165) is 11.3 Å². The summed E-state index contributed by atoms with van der Waals surface area (Å²) in [5.41, 5.74) is 2.75. The van der Waals surface area contributed by atoms with Crippen molar-refractivity contribution in [2.75, 3.05) is 23.8 Å². The highest BCUT2D eigenvalue weighted by atomic mass is 35.5. The first kappa shape index (κ1) is 18.8. The Bertz CT molecular complexity index is 762. The molecule has 0 aliphatic rings. The van der Waals surface area contributed by atoms with E-state index in [0.29, 0.717) is 22.8 Å². The second-order valence-corrected chi connectivity index (χ2v) is 5.89. The highest BCUT2D eigenvalue weighted by Gasteiger charge is 2.13. The Kier molecular flexibility index (Phi) is 6.83. The summed E-state index contributed by atoms with van der Waals surface area (Å²) >= 11 is 5.92. The minimum absolute atomic E-state index is 0.184. The summed E-state index contributed by atoms with van der Waals surface area (Å²) in [5.74, 6) is -0.635. The summed E-state index contributed by atoms with van der Waals surface area (Å²) in [6.07, 6.45) is 0.263. The standard InChI is InChI=1S/C19H21ClN2O3/c1-3-25-19(24)15-6-4-5-7-17(15)22-18(23)10-11-21-16-9-8-14(20)12-13(16)2/h4-9,12,21H,3,10-11H2,1-2H3,(H,22,23). The predicted molar refractivity (Wildman–Crippen MR) is 100 cm³/mol. The van der Waals surface area contributed by atoms with E-state index in [1.165, 1.54) is 0 Å². The largest absolute Gasteiger partial charge is 0.462 e. The lowest BCUT2D eigenvalue weighted by atomic mass is 10.1. The van der Waals surface area contributed by atoms with Gasteiger partial charge in [0.25, 0.3) is 0 Å².